The first-order chi connectivity index (χ1) is 7.69. The van der Waals surface area contributed by atoms with Gasteiger partial charge in [-0.1, -0.05) is 0 Å². The lowest BCUT2D eigenvalue weighted by Crippen LogP contribution is -2.47. The van der Waals surface area contributed by atoms with Crippen molar-refractivity contribution in [1.82, 2.24) is 4.90 Å². The minimum atomic E-state index is 0.0495. The van der Waals surface area contributed by atoms with Crippen LogP contribution in [-0.2, 0) is 4.79 Å². The Kier molecular flexibility index (Phi) is 4.08. The van der Waals surface area contributed by atoms with E-state index in [2.05, 4.69) is 0 Å². The Labute approximate surface area is 105 Å². The molecule has 0 aromatic carbocycles. The van der Waals surface area contributed by atoms with E-state index in [1.54, 1.807) is 0 Å². The van der Waals surface area contributed by atoms with Gasteiger partial charge >= 0.3 is 0 Å². The second kappa shape index (κ2) is 5.19. The Morgan fingerprint density at radius 1 is 1.50 bits per heavy atom. The summed E-state index contributed by atoms with van der Waals surface area (Å²) in [7, 11) is 1.91. The molecule has 0 aliphatic carbocycles. The molecule has 2 aliphatic heterocycles. The number of amides is 1. The maximum absolute atomic E-state index is 11.6. The monoisotopic (exact) mass is 261 g/mol. The van der Waals surface area contributed by atoms with Gasteiger partial charge in [-0.15, -0.1) is 23.5 Å². The normalized spacial score (nSPS) is 29.8. The summed E-state index contributed by atoms with van der Waals surface area (Å²) in [6, 6.07) is 0.308. The number of aliphatic hydroxyl groups is 1. The quantitative estimate of drug-likeness (QED) is 0.837. The first kappa shape index (κ1) is 12.6. The SMILES string of the molecule is CN1C(=O)CCC1C1(CCO)SCCCS1. The lowest BCUT2D eigenvalue weighted by molar-refractivity contribution is -0.127. The maximum atomic E-state index is 11.6. The van der Waals surface area contributed by atoms with Gasteiger partial charge in [0.1, 0.15) is 0 Å². The Bertz CT molecular complexity index is 261. The molecular formula is C11H19NO2S2. The maximum Gasteiger partial charge on any atom is 0.222 e. The lowest BCUT2D eigenvalue weighted by atomic mass is 10.1. The molecule has 5 heteroatoms. The number of hydrogen-bond acceptors (Lipinski definition) is 4. The van der Waals surface area contributed by atoms with Crippen LogP contribution in [0.4, 0.5) is 0 Å². The van der Waals surface area contributed by atoms with Crippen LogP contribution >= 0.6 is 23.5 Å². The molecular weight excluding hydrogens is 242 g/mol. The molecule has 2 aliphatic rings. The van der Waals surface area contributed by atoms with Crippen LogP contribution in [0.5, 0.6) is 0 Å². The second-order valence-corrected chi connectivity index (χ2v) is 7.50. The summed E-state index contributed by atoms with van der Waals surface area (Å²) in [5, 5.41) is 9.27. The van der Waals surface area contributed by atoms with Crippen LogP contribution < -0.4 is 0 Å². The highest BCUT2D eigenvalue weighted by Gasteiger charge is 2.46. The molecule has 2 fully saturated rings. The van der Waals surface area contributed by atoms with Crippen LogP contribution in [0.15, 0.2) is 0 Å². The fourth-order valence-electron chi connectivity index (χ4n) is 2.57. The molecule has 0 saturated carbocycles. The summed E-state index contributed by atoms with van der Waals surface area (Å²) in [4.78, 5) is 13.5. The summed E-state index contributed by atoms with van der Waals surface area (Å²) in [6.07, 6.45) is 3.67. The molecule has 3 nitrogen and oxygen atoms in total. The van der Waals surface area contributed by atoms with Crippen LogP contribution in [0.1, 0.15) is 25.7 Å². The zero-order valence-electron chi connectivity index (χ0n) is 9.65. The molecule has 0 spiro atoms. The third-order valence-corrected chi connectivity index (χ3v) is 7.06. The first-order valence-corrected chi connectivity index (χ1v) is 7.81. The number of thioether (sulfide) groups is 2. The fourth-order valence-corrected chi connectivity index (χ4v) is 6.26. The second-order valence-electron chi connectivity index (χ2n) is 4.40. The Morgan fingerprint density at radius 3 is 2.69 bits per heavy atom. The Morgan fingerprint density at radius 2 is 2.19 bits per heavy atom. The molecule has 0 radical (unpaired) electrons. The molecule has 1 atom stereocenters. The lowest BCUT2D eigenvalue weighted by Gasteiger charge is -2.43. The van der Waals surface area contributed by atoms with E-state index < -0.39 is 0 Å². The number of carbonyl (C=O) groups is 1. The molecule has 1 N–H and O–H groups in total. The van der Waals surface area contributed by atoms with Gasteiger partial charge in [-0.25, -0.2) is 0 Å². The van der Waals surface area contributed by atoms with E-state index in [-0.39, 0.29) is 16.6 Å². The number of likely N-dealkylation sites (tertiary alicyclic amines) is 1. The van der Waals surface area contributed by atoms with Gasteiger partial charge in [0.2, 0.25) is 5.91 Å². The highest BCUT2D eigenvalue weighted by atomic mass is 32.2. The Balaban J connectivity index is 2.14. The van der Waals surface area contributed by atoms with Gasteiger partial charge in [0, 0.05) is 20.1 Å². The van der Waals surface area contributed by atoms with Crippen LogP contribution in [0.2, 0.25) is 0 Å². The minimum Gasteiger partial charge on any atom is -0.396 e. The van der Waals surface area contributed by atoms with E-state index >= 15 is 0 Å². The molecule has 0 aromatic rings. The molecule has 1 amide bonds. The van der Waals surface area contributed by atoms with Gasteiger partial charge in [0.05, 0.1) is 10.1 Å². The van der Waals surface area contributed by atoms with E-state index in [1.165, 1.54) is 6.42 Å². The number of aliphatic hydroxyl groups excluding tert-OH is 1. The van der Waals surface area contributed by atoms with Crippen LogP contribution in [0.3, 0.4) is 0 Å². The minimum absolute atomic E-state index is 0.0495. The average molecular weight is 261 g/mol. The average Bonchev–Trinajstić information content (AvgIpc) is 2.62. The summed E-state index contributed by atoms with van der Waals surface area (Å²) >= 11 is 3.89. The van der Waals surface area contributed by atoms with Crippen LogP contribution in [-0.4, -0.2) is 51.2 Å². The molecule has 2 rings (SSSR count). The number of nitrogens with zero attached hydrogens (tertiary/aromatic N) is 1. The third kappa shape index (κ3) is 2.22. The van der Waals surface area contributed by atoms with Crippen molar-refractivity contribution in [2.75, 3.05) is 25.2 Å². The van der Waals surface area contributed by atoms with E-state index in [9.17, 15) is 9.90 Å². The highest BCUT2D eigenvalue weighted by Crippen LogP contribution is 2.50. The molecule has 16 heavy (non-hydrogen) atoms. The van der Waals surface area contributed by atoms with Crippen molar-refractivity contribution in [1.29, 1.82) is 0 Å². The van der Waals surface area contributed by atoms with Crippen molar-refractivity contribution in [2.45, 2.75) is 35.8 Å². The number of carbonyl (C=O) groups excluding carboxylic acids is 1. The molecule has 1 unspecified atom stereocenters. The zero-order chi connectivity index (χ0) is 11.6. The third-order valence-electron chi connectivity index (χ3n) is 3.44. The number of rotatable bonds is 3. The smallest absolute Gasteiger partial charge is 0.222 e. The van der Waals surface area contributed by atoms with E-state index in [0.29, 0.717) is 12.5 Å². The molecule has 0 aromatic heterocycles. The van der Waals surface area contributed by atoms with Crippen LogP contribution in [0.25, 0.3) is 0 Å². The van der Waals surface area contributed by atoms with Gasteiger partial charge in [-0.05, 0) is 30.8 Å². The van der Waals surface area contributed by atoms with E-state index in [0.717, 1.165) is 24.3 Å². The van der Waals surface area contributed by atoms with Crippen molar-refractivity contribution in [2.24, 2.45) is 0 Å². The summed E-state index contributed by atoms with van der Waals surface area (Å²) in [5.41, 5.74) is 0. The van der Waals surface area contributed by atoms with Crippen LogP contribution in [0, 0.1) is 0 Å². The van der Waals surface area contributed by atoms with E-state index in [4.69, 9.17) is 0 Å². The molecule has 0 bridgehead atoms. The summed E-state index contributed by atoms with van der Waals surface area (Å²) in [5.74, 6) is 2.57. The highest BCUT2D eigenvalue weighted by molar-refractivity contribution is 8.18. The fraction of sp³-hybridized carbons (Fsp3) is 0.909. The van der Waals surface area contributed by atoms with Gasteiger partial charge in [-0.2, -0.15) is 0 Å². The van der Waals surface area contributed by atoms with Gasteiger partial charge in [0.15, 0.2) is 0 Å². The van der Waals surface area contributed by atoms with Gasteiger partial charge in [0.25, 0.3) is 0 Å². The summed E-state index contributed by atoms with van der Waals surface area (Å²) < 4.78 is 0.0495. The summed E-state index contributed by atoms with van der Waals surface area (Å²) in [6.45, 7) is 0.221. The first-order valence-electron chi connectivity index (χ1n) is 5.84. The van der Waals surface area contributed by atoms with E-state index in [1.807, 2.05) is 35.5 Å². The molecule has 92 valence electrons. The topological polar surface area (TPSA) is 40.5 Å². The molecule has 2 saturated heterocycles. The Hall–Kier alpha value is 0.130. The van der Waals surface area contributed by atoms with Crippen molar-refractivity contribution in [3.63, 3.8) is 0 Å². The standard InChI is InChI=1S/C11H19NO2S2/c1-12-9(3-4-10(12)14)11(5-6-13)15-7-2-8-16-11/h9,13H,2-8H2,1H3. The zero-order valence-corrected chi connectivity index (χ0v) is 11.3. The predicted octanol–water partition coefficient (Wildman–Crippen LogP) is 1.56. The van der Waals surface area contributed by atoms with Crippen molar-refractivity contribution in [3.05, 3.63) is 0 Å². The molecule has 2 heterocycles. The predicted molar refractivity (Wildman–Crippen MR) is 69.8 cm³/mol. The van der Waals surface area contributed by atoms with Gasteiger partial charge < -0.3 is 10.0 Å². The van der Waals surface area contributed by atoms with Crippen molar-refractivity contribution >= 4 is 29.4 Å². The number of hydrogen-bond donors (Lipinski definition) is 1. The van der Waals surface area contributed by atoms with Gasteiger partial charge in [-0.3, -0.25) is 4.79 Å². The van der Waals surface area contributed by atoms with Crippen molar-refractivity contribution in [3.8, 4) is 0 Å². The largest absolute Gasteiger partial charge is 0.396 e. The van der Waals surface area contributed by atoms with Crippen molar-refractivity contribution < 1.29 is 9.90 Å².